The summed E-state index contributed by atoms with van der Waals surface area (Å²) in [5.41, 5.74) is 1.04. The molecule has 128 valence electrons. The van der Waals surface area contributed by atoms with Gasteiger partial charge in [0.05, 0.1) is 29.1 Å². The summed E-state index contributed by atoms with van der Waals surface area (Å²) < 4.78 is 5.31. The Morgan fingerprint density at radius 3 is 2.38 bits per heavy atom. The highest BCUT2D eigenvalue weighted by Gasteiger charge is 2.26. The first-order valence-corrected chi connectivity index (χ1v) is 7.73. The highest BCUT2D eigenvalue weighted by Crippen LogP contribution is 2.31. The average molecular weight is 331 g/mol. The van der Waals surface area contributed by atoms with Gasteiger partial charge in [0.15, 0.2) is 0 Å². The van der Waals surface area contributed by atoms with Crippen LogP contribution in [0.2, 0.25) is 0 Å². The van der Waals surface area contributed by atoms with Gasteiger partial charge >= 0.3 is 0 Å². The SMILES string of the molecule is CCN(CC)C(=O)C(=O)c1c[nH]c2c(C(=O)NC)ccc(OC)c12. The van der Waals surface area contributed by atoms with Gasteiger partial charge in [-0.1, -0.05) is 0 Å². The molecule has 0 aliphatic heterocycles. The molecule has 0 aliphatic carbocycles. The third-order valence-corrected chi connectivity index (χ3v) is 3.98. The van der Waals surface area contributed by atoms with E-state index in [0.717, 1.165) is 0 Å². The highest BCUT2D eigenvalue weighted by atomic mass is 16.5. The van der Waals surface area contributed by atoms with Crippen LogP contribution < -0.4 is 10.1 Å². The molecule has 0 radical (unpaired) electrons. The minimum absolute atomic E-state index is 0.199. The number of amides is 2. The number of Topliss-reactive ketones (excluding diaryl/α,β-unsaturated/α-hetero) is 1. The number of rotatable bonds is 6. The number of carbonyl (C=O) groups excluding carboxylic acids is 3. The first kappa shape index (κ1) is 17.5. The fourth-order valence-electron chi connectivity index (χ4n) is 2.66. The van der Waals surface area contributed by atoms with Crippen LogP contribution in [0.15, 0.2) is 18.3 Å². The van der Waals surface area contributed by atoms with E-state index < -0.39 is 11.7 Å². The molecule has 7 heteroatoms. The van der Waals surface area contributed by atoms with Gasteiger partial charge < -0.3 is 19.9 Å². The van der Waals surface area contributed by atoms with Crippen molar-refractivity contribution >= 4 is 28.5 Å². The van der Waals surface area contributed by atoms with Crippen LogP contribution in [-0.4, -0.2) is 54.7 Å². The fourth-order valence-corrected chi connectivity index (χ4v) is 2.66. The Hall–Kier alpha value is -2.83. The minimum Gasteiger partial charge on any atom is -0.496 e. The van der Waals surface area contributed by atoms with E-state index in [1.54, 1.807) is 12.1 Å². The Bertz CT molecular complexity index is 790. The molecule has 1 heterocycles. The second-order valence-electron chi connectivity index (χ2n) is 5.15. The van der Waals surface area contributed by atoms with Gasteiger partial charge in [-0.05, 0) is 26.0 Å². The summed E-state index contributed by atoms with van der Waals surface area (Å²) in [4.78, 5) is 41.4. The molecule has 0 bridgehead atoms. The van der Waals surface area contributed by atoms with E-state index in [4.69, 9.17) is 4.74 Å². The number of ether oxygens (including phenoxy) is 1. The van der Waals surface area contributed by atoms with Crippen molar-refractivity contribution in [2.75, 3.05) is 27.2 Å². The maximum absolute atomic E-state index is 12.6. The molecule has 0 fully saturated rings. The summed E-state index contributed by atoms with van der Waals surface area (Å²) in [7, 11) is 3.00. The molecule has 1 aromatic carbocycles. The number of aromatic nitrogens is 1. The number of fused-ring (bicyclic) bond motifs is 1. The third kappa shape index (κ3) is 2.84. The topological polar surface area (TPSA) is 91.5 Å². The molecule has 2 amide bonds. The number of benzene rings is 1. The summed E-state index contributed by atoms with van der Waals surface area (Å²) in [6.45, 7) is 4.52. The lowest BCUT2D eigenvalue weighted by Crippen LogP contribution is -2.36. The Kier molecular flexibility index (Phi) is 5.23. The number of ketones is 1. The molecular weight excluding hydrogens is 310 g/mol. The van der Waals surface area contributed by atoms with Crippen LogP contribution in [0.1, 0.15) is 34.6 Å². The van der Waals surface area contributed by atoms with Gasteiger partial charge in [-0.25, -0.2) is 0 Å². The number of nitrogens with one attached hydrogen (secondary N) is 2. The van der Waals surface area contributed by atoms with Crippen LogP contribution in [0.25, 0.3) is 10.9 Å². The van der Waals surface area contributed by atoms with E-state index in [2.05, 4.69) is 10.3 Å². The number of likely N-dealkylation sites (N-methyl/N-ethyl adjacent to an activating group) is 1. The standard InChI is InChI=1S/C17H21N3O4/c1-5-20(6-2)17(23)15(21)11-9-19-14-10(16(22)18-3)7-8-12(24-4)13(11)14/h7-9,19H,5-6H2,1-4H3,(H,18,22). The molecule has 7 nitrogen and oxygen atoms in total. The summed E-state index contributed by atoms with van der Waals surface area (Å²) in [6, 6.07) is 3.22. The van der Waals surface area contributed by atoms with Gasteiger partial charge in [-0.15, -0.1) is 0 Å². The highest BCUT2D eigenvalue weighted by molar-refractivity contribution is 6.45. The Balaban J connectivity index is 2.62. The summed E-state index contributed by atoms with van der Waals surface area (Å²) in [6.07, 6.45) is 1.45. The molecule has 2 N–H and O–H groups in total. The number of nitrogens with zero attached hydrogens (tertiary/aromatic N) is 1. The number of methoxy groups -OCH3 is 1. The second-order valence-corrected chi connectivity index (χ2v) is 5.15. The van der Waals surface area contributed by atoms with Crippen molar-refractivity contribution in [2.24, 2.45) is 0 Å². The Morgan fingerprint density at radius 2 is 1.83 bits per heavy atom. The molecule has 0 unspecified atom stereocenters. The lowest BCUT2D eigenvalue weighted by atomic mass is 10.0. The molecule has 0 saturated carbocycles. The summed E-state index contributed by atoms with van der Waals surface area (Å²) >= 11 is 0. The van der Waals surface area contributed by atoms with E-state index >= 15 is 0 Å². The number of hydrogen-bond donors (Lipinski definition) is 2. The van der Waals surface area contributed by atoms with E-state index in [9.17, 15) is 14.4 Å². The van der Waals surface area contributed by atoms with Crippen LogP contribution in [0, 0.1) is 0 Å². The number of aromatic amines is 1. The summed E-state index contributed by atoms with van der Waals surface area (Å²) in [5, 5.41) is 2.98. The van der Waals surface area contributed by atoms with Crippen molar-refractivity contribution in [3.05, 3.63) is 29.5 Å². The monoisotopic (exact) mass is 331 g/mol. The van der Waals surface area contributed by atoms with Crippen molar-refractivity contribution in [1.82, 2.24) is 15.2 Å². The van der Waals surface area contributed by atoms with Gasteiger partial charge in [-0.2, -0.15) is 0 Å². The largest absolute Gasteiger partial charge is 0.496 e. The van der Waals surface area contributed by atoms with Gasteiger partial charge in [-0.3, -0.25) is 14.4 Å². The van der Waals surface area contributed by atoms with Crippen LogP contribution in [0.4, 0.5) is 0 Å². The van der Waals surface area contributed by atoms with Crippen LogP contribution in [0.5, 0.6) is 5.75 Å². The smallest absolute Gasteiger partial charge is 0.295 e. The lowest BCUT2D eigenvalue weighted by molar-refractivity contribution is -0.126. The predicted octanol–water partition coefficient (Wildman–Crippen LogP) is 1.59. The Labute approximate surface area is 140 Å². The van der Waals surface area contributed by atoms with Gasteiger partial charge in [0.1, 0.15) is 5.75 Å². The van der Waals surface area contributed by atoms with Gasteiger partial charge in [0, 0.05) is 26.3 Å². The minimum atomic E-state index is -0.627. The Morgan fingerprint density at radius 1 is 1.17 bits per heavy atom. The van der Waals surface area contributed by atoms with Crippen molar-refractivity contribution in [3.63, 3.8) is 0 Å². The van der Waals surface area contributed by atoms with Crippen molar-refractivity contribution in [2.45, 2.75) is 13.8 Å². The van der Waals surface area contributed by atoms with Gasteiger partial charge in [0.2, 0.25) is 0 Å². The first-order valence-electron chi connectivity index (χ1n) is 7.73. The van der Waals surface area contributed by atoms with Gasteiger partial charge in [0.25, 0.3) is 17.6 Å². The second kappa shape index (κ2) is 7.16. The number of carbonyl (C=O) groups is 3. The van der Waals surface area contributed by atoms with E-state index in [1.807, 2.05) is 13.8 Å². The molecule has 24 heavy (non-hydrogen) atoms. The summed E-state index contributed by atoms with van der Waals surface area (Å²) in [5.74, 6) is -1.07. The predicted molar refractivity (Wildman–Crippen MR) is 90.5 cm³/mol. The molecule has 1 aromatic heterocycles. The van der Waals surface area contributed by atoms with Crippen LogP contribution in [0.3, 0.4) is 0 Å². The molecule has 0 aliphatic rings. The normalized spacial score (nSPS) is 10.5. The zero-order chi connectivity index (χ0) is 17.9. The molecule has 0 saturated heterocycles. The van der Waals surface area contributed by atoms with Crippen LogP contribution in [-0.2, 0) is 4.79 Å². The molecule has 2 rings (SSSR count). The lowest BCUT2D eigenvalue weighted by Gasteiger charge is -2.17. The number of hydrogen-bond acceptors (Lipinski definition) is 4. The average Bonchev–Trinajstić information content (AvgIpc) is 3.05. The number of H-pyrrole nitrogens is 1. The van der Waals surface area contributed by atoms with E-state index in [0.29, 0.717) is 35.3 Å². The molecule has 2 aromatic rings. The quantitative estimate of drug-likeness (QED) is 0.621. The van der Waals surface area contributed by atoms with Crippen molar-refractivity contribution < 1.29 is 19.1 Å². The fraction of sp³-hybridized carbons (Fsp3) is 0.353. The molecule has 0 spiro atoms. The third-order valence-electron chi connectivity index (χ3n) is 3.98. The maximum Gasteiger partial charge on any atom is 0.295 e. The van der Waals surface area contributed by atoms with E-state index in [-0.39, 0.29) is 11.5 Å². The van der Waals surface area contributed by atoms with E-state index in [1.165, 1.54) is 25.3 Å². The first-order chi connectivity index (χ1) is 11.5. The van der Waals surface area contributed by atoms with Crippen molar-refractivity contribution in [1.29, 1.82) is 0 Å². The molecule has 0 atom stereocenters. The zero-order valence-corrected chi connectivity index (χ0v) is 14.2. The van der Waals surface area contributed by atoms with Crippen LogP contribution >= 0.6 is 0 Å². The molecular formula is C17H21N3O4. The maximum atomic E-state index is 12.6. The zero-order valence-electron chi connectivity index (χ0n) is 14.2. The van der Waals surface area contributed by atoms with Crippen molar-refractivity contribution in [3.8, 4) is 5.75 Å².